The minimum absolute atomic E-state index is 0.0941. The van der Waals surface area contributed by atoms with Crippen molar-refractivity contribution >= 4 is 17.7 Å². The second-order valence-electron chi connectivity index (χ2n) is 5.73. The Morgan fingerprint density at radius 3 is 2.69 bits per heavy atom. The maximum Gasteiger partial charge on any atom is 0.233 e. The van der Waals surface area contributed by atoms with Crippen molar-refractivity contribution in [2.75, 3.05) is 18.6 Å². The van der Waals surface area contributed by atoms with Crippen molar-refractivity contribution in [3.05, 3.63) is 53.7 Å². The van der Waals surface area contributed by atoms with E-state index in [0.29, 0.717) is 23.3 Å². The lowest BCUT2D eigenvalue weighted by atomic mass is 10.2. The maximum atomic E-state index is 12.9. The number of nitrogens with two attached hydrogens (primary N) is 1. The van der Waals surface area contributed by atoms with Crippen molar-refractivity contribution in [3.63, 3.8) is 0 Å². The zero-order chi connectivity index (χ0) is 18.7. The number of nitrogen functional groups attached to an aromatic ring is 1. The van der Waals surface area contributed by atoms with Crippen LogP contribution in [-0.4, -0.2) is 38.5 Å². The topological polar surface area (TPSA) is 90.2 Å². The Morgan fingerprint density at radius 1 is 1.31 bits per heavy atom. The van der Waals surface area contributed by atoms with Crippen molar-refractivity contribution in [2.24, 2.45) is 0 Å². The minimum Gasteiger partial charge on any atom is -0.469 e. The zero-order valence-corrected chi connectivity index (χ0v) is 15.2. The first-order valence-corrected chi connectivity index (χ1v) is 8.80. The summed E-state index contributed by atoms with van der Waals surface area (Å²) in [5.41, 5.74) is 1.61. The first-order valence-electron chi connectivity index (χ1n) is 7.82. The smallest absolute Gasteiger partial charge is 0.233 e. The molecule has 9 heteroatoms. The van der Waals surface area contributed by atoms with Crippen LogP contribution in [0.1, 0.15) is 11.3 Å². The predicted octanol–water partition coefficient (Wildman–Crippen LogP) is 2.45. The highest BCUT2D eigenvalue weighted by molar-refractivity contribution is 7.99. The lowest BCUT2D eigenvalue weighted by Gasteiger charge is -2.16. The number of aryl methyl sites for hydroxylation is 1. The van der Waals surface area contributed by atoms with Crippen LogP contribution in [-0.2, 0) is 11.3 Å². The van der Waals surface area contributed by atoms with Crippen LogP contribution >= 0.6 is 11.8 Å². The van der Waals surface area contributed by atoms with Gasteiger partial charge in [-0.2, -0.15) is 0 Å². The average molecular weight is 375 g/mol. The van der Waals surface area contributed by atoms with E-state index < -0.39 is 0 Å². The highest BCUT2D eigenvalue weighted by atomic mass is 32.2. The number of thioether (sulfide) groups is 1. The summed E-state index contributed by atoms with van der Waals surface area (Å²) in [5.74, 6) is 6.97. The summed E-state index contributed by atoms with van der Waals surface area (Å²) in [7, 11) is 1.69. The first kappa shape index (κ1) is 18.0. The van der Waals surface area contributed by atoms with E-state index in [1.165, 1.54) is 28.6 Å². The van der Waals surface area contributed by atoms with Gasteiger partial charge in [0.05, 0.1) is 17.6 Å². The number of nitrogens with zero attached hydrogens (tertiary/aromatic N) is 4. The molecule has 0 atom stereocenters. The van der Waals surface area contributed by atoms with Crippen molar-refractivity contribution in [1.82, 2.24) is 19.8 Å². The number of aromatic nitrogens is 3. The van der Waals surface area contributed by atoms with Crippen LogP contribution in [0.2, 0.25) is 0 Å². The molecule has 2 N–H and O–H groups in total. The highest BCUT2D eigenvalue weighted by Gasteiger charge is 2.17. The van der Waals surface area contributed by atoms with Gasteiger partial charge in [-0.3, -0.25) is 4.79 Å². The molecule has 7 nitrogen and oxygen atoms in total. The van der Waals surface area contributed by atoms with Crippen LogP contribution < -0.4 is 5.84 Å². The molecule has 1 aromatic carbocycles. The molecule has 0 unspecified atom stereocenters. The number of amides is 1. The van der Waals surface area contributed by atoms with Crippen molar-refractivity contribution in [2.45, 2.75) is 18.6 Å². The van der Waals surface area contributed by atoms with Gasteiger partial charge in [-0.15, -0.1) is 10.2 Å². The van der Waals surface area contributed by atoms with Gasteiger partial charge in [-0.25, -0.2) is 9.07 Å². The second kappa shape index (κ2) is 7.61. The molecule has 0 bridgehead atoms. The summed E-state index contributed by atoms with van der Waals surface area (Å²) in [4.78, 5) is 13.9. The number of hydrogen-bond acceptors (Lipinski definition) is 6. The van der Waals surface area contributed by atoms with Crippen LogP contribution in [0, 0.1) is 12.7 Å². The van der Waals surface area contributed by atoms with E-state index in [1.54, 1.807) is 36.4 Å². The molecule has 2 aromatic heterocycles. The van der Waals surface area contributed by atoms with E-state index in [-0.39, 0.29) is 17.5 Å². The second-order valence-corrected chi connectivity index (χ2v) is 6.67. The Kier molecular flexibility index (Phi) is 5.27. The molecule has 0 saturated carbocycles. The van der Waals surface area contributed by atoms with Crippen LogP contribution in [0.15, 0.2) is 46.2 Å². The van der Waals surface area contributed by atoms with Gasteiger partial charge in [0.1, 0.15) is 11.6 Å². The fraction of sp³-hybridized carbons (Fsp3) is 0.235. The van der Waals surface area contributed by atoms with Gasteiger partial charge >= 0.3 is 0 Å². The Hall–Kier alpha value is -2.81. The van der Waals surface area contributed by atoms with Gasteiger partial charge in [0, 0.05) is 13.6 Å². The maximum absolute atomic E-state index is 12.9. The molecule has 3 rings (SSSR count). The van der Waals surface area contributed by atoms with Gasteiger partial charge in [0.25, 0.3) is 0 Å². The summed E-state index contributed by atoms with van der Waals surface area (Å²) in [6.45, 7) is 2.21. The Morgan fingerprint density at radius 2 is 2.04 bits per heavy atom. The van der Waals surface area contributed by atoms with E-state index in [4.69, 9.17) is 10.3 Å². The Bertz CT molecular complexity index is 906. The van der Waals surface area contributed by atoms with E-state index in [0.717, 1.165) is 11.1 Å². The molecule has 1 amide bonds. The number of halogens is 1. The number of benzene rings is 1. The molecular formula is C17H18FN5O2S. The number of carbonyl (C=O) groups excluding carboxylic acids is 1. The standard InChI is InChI=1S/C17H18FN5O2S/c1-11-14(7-8-25-11)16-20-21-17(23(16)19)26-10-15(24)22(2)9-12-3-5-13(18)6-4-12/h3-8H,9-10,19H2,1-2H3. The van der Waals surface area contributed by atoms with Crippen LogP contribution in [0.4, 0.5) is 4.39 Å². The lowest BCUT2D eigenvalue weighted by molar-refractivity contribution is -0.127. The molecule has 0 spiro atoms. The summed E-state index contributed by atoms with van der Waals surface area (Å²) in [6, 6.07) is 7.82. The molecule has 0 aliphatic carbocycles. The van der Waals surface area contributed by atoms with Gasteiger partial charge in [-0.1, -0.05) is 23.9 Å². The molecule has 0 radical (unpaired) electrons. The Balaban J connectivity index is 1.60. The fourth-order valence-corrected chi connectivity index (χ4v) is 3.16. The molecule has 0 saturated heterocycles. The molecule has 3 aromatic rings. The third kappa shape index (κ3) is 3.88. The van der Waals surface area contributed by atoms with Crippen molar-refractivity contribution < 1.29 is 13.6 Å². The van der Waals surface area contributed by atoms with E-state index in [1.807, 2.05) is 6.92 Å². The summed E-state index contributed by atoms with van der Waals surface area (Å²) in [5, 5.41) is 8.53. The number of furan rings is 1. The number of rotatable bonds is 6. The van der Waals surface area contributed by atoms with Gasteiger partial charge in [0.15, 0.2) is 5.82 Å². The van der Waals surface area contributed by atoms with E-state index >= 15 is 0 Å². The fourth-order valence-electron chi connectivity index (χ4n) is 2.36. The predicted molar refractivity (Wildman–Crippen MR) is 96.2 cm³/mol. The largest absolute Gasteiger partial charge is 0.469 e. The lowest BCUT2D eigenvalue weighted by Crippen LogP contribution is -2.28. The van der Waals surface area contributed by atoms with Gasteiger partial charge in [0.2, 0.25) is 11.1 Å². The van der Waals surface area contributed by atoms with Gasteiger partial charge < -0.3 is 15.2 Å². The number of hydrogen-bond donors (Lipinski definition) is 1. The SMILES string of the molecule is Cc1occc1-c1nnc(SCC(=O)N(C)Cc2ccc(F)cc2)n1N. The third-order valence-corrected chi connectivity index (χ3v) is 4.78. The van der Waals surface area contributed by atoms with Crippen LogP contribution in [0.3, 0.4) is 0 Å². The minimum atomic E-state index is -0.302. The quantitative estimate of drug-likeness (QED) is 0.526. The molecule has 0 aliphatic rings. The van der Waals surface area contributed by atoms with E-state index in [9.17, 15) is 9.18 Å². The van der Waals surface area contributed by atoms with Crippen LogP contribution in [0.25, 0.3) is 11.4 Å². The number of carbonyl (C=O) groups is 1. The summed E-state index contributed by atoms with van der Waals surface area (Å²) in [6.07, 6.45) is 1.56. The normalized spacial score (nSPS) is 10.9. The summed E-state index contributed by atoms with van der Waals surface area (Å²) >= 11 is 1.20. The van der Waals surface area contributed by atoms with E-state index in [2.05, 4.69) is 10.2 Å². The summed E-state index contributed by atoms with van der Waals surface area (Å²) < 4.78 is 19.5. The van der Waals surface area contributed by atoms with Gasteiger partial charge in [-0.05, 0) is 30.7 Å². The molecule has 0 aliphatic heterocycles. The van der Waals surface area contributed by atoms with Crippen molar-refractivity contribution in [3.8, 4) is 11.4 Å². The molecule has 0 fully saturated rings. The Labute approximate surface area is 154 Å². The monoisotopic (exact) mass is 375 g/mol. The first-order chi connectivity index (χ1) is 12.5. The average Bonchev–Trinajstić information content (AvgIpc) is 3.20. The van der Waals surface area contributed by atoms with Crippen LogP contribution in [0.5, 0.6) is 0 Å². The third-order valence-electron chi connectivity index (χ3n) is 3.85. The molecule has 2 heterocycles. The molecular weight excluding hydrogens is 357 g/mol. The molecule has 26 heavy (non-hydrogen) atoms. The zero-order valence-electron chi connectivity index (χ0n) is 14.3. The molecule has 136 valence electrons. The highest BCUT2D eigenvalue weighted by Crippen LogP contribution is 2.25. The van der Waals surface area contributed by atoms with Crippen molar-refractivity contribution in [1.29, 1.82) is 0 Å².